The molecular weight excluding hydrogens is 360 g/mol. The second kappa shape index (κ2) is 6.80. The number of carbonyl (C=O) groups excluding carboxylic acids is 1. The van der Waals surface area contributed by atoms with E-state index in [4.69, 9.17) is 9.47 Å². The van der Waals surface area contributed by atoms with Crippen LogP contribution < -0.4 is 0 Å². The molecule has 3 aromatic carbocycles. The first kappa shape index (κ1) is 18.0. The third kappa shape index (κ3) is 2.70. The number of epoxide rings is 2. The molecule has 3 heteroatoms. The zero-order valence-electron chi connectivity index (χ0n) is 16.0. The van der Waals surface area contributed by atoms with E-state index in [1.807, 2.05) is 103 Å². The number of rotatable bonds is 7. The fourth-order valence-corrected chi connectivity index (χ4v) is 4.46. The average molecular weight is 382 g/mol. The van der Waals surface area contributed by atoms with E-state index in [9.17, 15) is 4.79 Å². The molecule has 0 N–H and O–H groups in total. The van der Waals surface area contributed by atoms with Crippen LogP contribution in [-0.2, 0) is 25.5 Å². The van der Waals surface area contributed by atoms with Crippen LogP contribution in [0.15, 0.2) is 97.1 Å². The van der Waals surface area contributed by atoms with E-state index in [0.29, 0.717) is 13.2 Å². The molecule has 2 aliphatic heterocycles. The highest BCUT2D eigenvalue weighted by molar-refractivity contribution is 5.75. The van der Waals surface area contributed by atoms with Gasteiger partial charge in [-0.1, -0.05) is 103 Å². The molecule has 3 aromatic rings. The Labute approximate surface area is 170 Å². The summed E-state index contributed by atoms with van der Waals surface area (Å²) in [5.41, 5.74) is 0.553. The zero-order valence-corrected chi connectivity index (χ0v) is 16.0. The Kier molecular flexibility index (Phi) is 4.23. The van der Waals surface area contributed by atoms with Gasteiger partial charge in [0.25, 0.3) is 0 Å². The van der Waals surface area contributed by atoms with Crippen molar-refractivity contribution in [1.29, 1.82) is 0 Å². The predicted molar refractivity (Wildman–Crippen MR) is 112 cm³/mol. The van der Waals surface area contributed by atoms with Crippen molar-refractivity contribution in [3.05, 3.63) is 114 Å². The SMILES string of the molecule is O=CC(/C=C/c1ccccc1)(C1(c2ccccc2)CO1)C1(c2ccccc2)CO1. The largest absolute Gasteiger partial charge is 0.363 e. The third-order valence-corrected chi connectivity index (χ3v) is 6.21. The molecule has 2 heterocycles. The summed E-state index contributed by atoms with van der Waals surface area (Å²) in [5, 5.41) is 0. The highest BCUT2D eigenvalue weighted by Crippen LogP contribution is 2.66. The summed E-state index contributed by atoms with van der Waals surface area (Å²) in [6, 6.07) is 30.0. The first-order valence-electron chi connectivity index (χ1n) is 9.86. The van der Waals surface area contributed by atoms with Crippen LogP contribution in [0.1, 0.15) is 16.7 Å². The minimum absolute atomic E-state index is 0.479. The molecule has 2 saturated heterocycles. The molecule has 0 bridgehead atoms. The van der Waals surface area contributed by atoms with Crippen molar-refractivity contribution in [2.45, 2.75) is 11.2 Å². The molecule has 3 nitrogen and oxygen atoms in total. The lowest BCUT2D eigenvalue weighted by molar-refractivity contribution is -0.121. The Morgan fingerprint density at radius 2 is 1.10 bits per heavy atom. The molecule has 5 rings (SSSR count). The minimum atomic E-state index is -0.988. The molecule has 0 amide bonds. The lowest BCUT2D eigenvalue weighted by Crippen LogP contribution is -2.47. The maximum atomic E-state index is 13.0. The van der Waals surface area contributed by atoms with Crippen LogP contribution in [0.3, 0.4) is 0 Å². The molecule has 0 aromatic heterocycles. The number of ether oxygens (including phenoxy) is 2. The van der Waals surface area contributed by atoms with Crippen LogP contribution >= 0.6 is 0 Å². The topological polar surface area (TPSA) is 42.1 Å². The van der Waals surface area contributed by atoms with Crippen LogP contribution in [0.25, 0.3) is 6.08 Å². The van der Waals surface area contributed by atoms with Crippen LogP contribution in [0.5, 0.6) is 0 Å². The van der Waals surface area contributed by atoms with E-state index in [2.05, 4.69) is 0 Å². The number of carbonyl (C=O) groups is 1. The van der Waals surface area contributed by atoms with Gasteiger partial charge in [-0.2, -0.15) is 0 Å². The molecule has 2 unspecified atom stereocenters. The fraction of sp³-hybridized carbons (Fsp3) is 0.192. The van der Waals surface area contributed by atoms with Gasteiger partial charge in [0.1, 0.15) is 22.9 Å². The highest BCUT2D eigenvalue weighted by Gasteiger charge is 2.75. The Morgan fingerprint density at radius 1 is 0.690 bits per heavy atom. The second-order valence-corrected chi connectivity index (χ2v) is 7.69. The van der Waals surface area contributed by atoms with Gasteiger partial charge in [-0.05, 0) is 16.7 Å². The Bertz CT molecular complexity index is 962. The molecular formula is C26H22O3. The van der Waals surface area contributed by atoms with Crippen molar-refractivity contribution in [1.82, 2.24) is 0 Å². The molecule has 2 aliphatic rings. The standard InChI is InChI=1S/C26H22O3/c27-18-24(17-16-21-10-4-1-5-11-21,25(19-28-25)22-12-6-2-7-13-22)26(20-29-26)23-14-8-3-9-15-23/h1-18H,19-20H2/b17-16+. The number of hydrogen-bond acceptors (Lipinski definition) is 3. The summed E-state index contributed by atoms with van der Waals surface area (Å²) < 4.78 is 12.2. The van der Waals surface area contributed by atoms with Crippen molar-refractivity contribution in [2.75, 3.05) is 13.2 Å². The molecule has 2 fully saturated rings. The maximum absolute atomic E-state index is 13.0. The highest BCUT2D eigenvalue weighted by atomic mass is 16.6. The Balaban J connectivity index is 1.70. The van der Waals surface area contributed by atoms with Gasteiger partial charge >= 0.3 is 0 Å². The summed E-state index contributed by atoms with van der Waals surface area (Å²) in [5.74, 6) is 0. The average Bonchev–Trinajstić information content (AvgIpc) is 3.72. The van der Waals surface area contributed by atoms with Crippen molar-refractivity contribution >= 4 is 12.4 Å². The summed E-state index contributed by atoms with van der Waals surface area (Å²) in [6.07, 6.45) is 5.04. The summed E-state index contributed by atoms with van der Waals surface area (Å²) in [6.45, 7) is 0.958. The van der Waals surface area contributed by atoms with Crippen LogP contribution in [-0.4, -0.2) is 19.5 Å². The molecule has 0 radical (unpaired) electrons. The molecule has 0 spiro atoms. The first-order chi connectivity index (χ1) is 14.3. The van der Waals surface area contributed by atoms with E-state index in [1.54, 1.807) is 0 Å². The van der Waals surface area contributed by atoms with Crippen LogP contribution in [0.4, 0.5) is 0 Å². The molecule has 0 saturated carbocycles. The normalized spacial score (nSPS) is 27.3. The van der Waals surface area contributed by atoms with Crippen molar-refractivity contribution in [3.8, 4) is 0 Å². The Hall–Kier alpha value is -3.01. The van der Waals surface area contributed by atoms with Gasteiger partial charge in [0.2, 0.25) is 0 Å². The number of aldehydes is 1. The van der Waals surface area contributed by atoms with E-state index in [-0.39, 0.29) is 0 Å². The molecule has 2 atom stereocenters. The van der Waals surface area contributed by atoms with E-state index in [0.717, 1.165) is 23.0 Å². The first-order valence-corrected chi connectivity index (χ1v) is 9.86. The lowest BCUT2D eigenvalue weighted by Gasteiger charge is -2.37. The summed E-state index contributed by atoms with van der Waals surface area (Å²) >= 11 is 0. The van der Waals surface area contributed by atoms with Gasteiger partial charge in [-0.3, -0.25) is 0 Å². The number of benzene rings is 3. The molecule has 29 heavy (non-hydrogen) atoms. The maximum Gasteiger partial charge on any atom is 0.136 e. The smallest absolute Gasteiger partial charge is 0.136 e. The van der Waals surface area contributed by atoms with Gasteiger partial charge in [0.15, 0.2) is 0 Å². The number of hydrogen-bond donors (Lipinski definition) is 0. The Morgan fingerprint density at radius 3 is 1.48 bits per heavy atom. The second-order valence-electron chi connectivity index (χ2n) is 7.69. The van der Waals surface area contributed by atoms with E-state index < -0.39 is 16.6 Å². The zero-order chi connectivity index (χ0) is 19.8. The van der Waals surface area contributed by atoms with Gasteiger partial charge in [0.05, 0.1) is 13.2 Å². The van der Waals surface area contributed by atoms with Gasteiger partial charge in [-0.15, -0.1) is 0 Å². The lowest BCUT2D eigenvalue weighted by atomic mass is 9.62. The summed E-state index contributed by atoms with van der Waals surface area (Å²) in [7, 11) is 0. The fourth-order valence-electron chi connectivity index (χ4n) is 4.46. The van der Waals surface area contributed by atoms with Gasteiger partial charge < -0.3 is 14.3 Å². The van der Waals surface area contributed by atoms with Crippen LogP contribution in [0.2, 0.25) is 0 Å². The monoisotopic (exact) mass is 382 g/mol. The van der Waals surface area contributed by atoms with Crippen molar-refractivity contribution in [3.63, 3.8) is 0 Å². The van der Waals surface area contributed by atoms with Gasteiger partial charge in [-0.25, -0.2) is 0 Å². The van der Waals surface area contributed by atoms with Gasteiger partial charge in [0, 0.05) is 0 Å². The predicted octanol–water partition coefficient (Wildman–Crippen LogP) is 4.74. The summed E-state index contributed by atoms with van der Waals surface area (Å²) in [4.78, 5) is 13.0. The van der Waals surface area contributed by atoms with Crippen molar-refractivity contribution < 1.29 is 14.3 Å². The molecule has 0 aliphatic carbocycles. The molecule has 144 valence electrons. The quantitative estimate of drug-likeness (QED) is 0.438. The van der Waals surface area contributed by atoms with E-state index >= 15 is 0 Å². The van der Waals surface area contributed by atoms with E-state index in [1.165, 1.54) is 0 Å². The third-order valence-electron chi connectivity index (χ3n) is 6.21. The van der Waals surface area contributed by atoms with Crippen molar-refractivity contribution in [2.24, 2.45) is 5.41 Å². The van der Waals surface area contributed by atoms with Crippen LogP contribution in [0, 0.1) is 5.41 Å². The minimum Gasteiger partial charge on any atom is -0.363 e.